The normalized spacial score (nSPS) is 18.3. The first-order valence-electron chi connectivity index (χ1n) is 7.58. The fraction of sp³-hybridized carbons (Fsp3) is 0.500. The van der Waals surface area contributed by atoms with Gasteiger partial charge in [-0.05, 0) is 31.0 Å². The smallest absolute Gasteiger partial charge is 0.231 e. The molecule has 1 amide bonds. The first kappa shape index (κ1) is 14.5. The molecule has 3 N–H and O–H groups in total. The molecule has 1 aliphatic carbocycles. The van der Waals surface area contributed by atoms with Gasteiger partial charge in [-0.25, -0.2) is 4.98 Å². The van der Waals surface area contributed by atoms with Gasteiger partial charge in [0.25, 0.3) is 0 Å². The predicted octanol–water partition coefficient (Wildman–Crippen LogP) is 3.53. The third kappa shape index (κ3) is 2.94. The monoisotopic (exact) mass is 303 g/mol. The number of fused-ring (bicyclic) bond motifs is 1. The van der Waals surface area contributed by atoms with Crippen molar-refractivity contribution >= 4 is 33.1 Å². The zero-order valence-corrected chi connectivity index (χ0v) is 12.9. The Morgan fingerprint density at radius 2 is 2.05 bits per heavy atom. The van der Waals surface area contributed by atoms with Gasteiger partial charge in [0.2, 0.25) is 5.91 Å². The van der Waals surface area contributed by atoms with Gasteiger partial charge in [0, 0.05) is 12.2 Å². The third-order valence-electron chi connectivity index (χ3n) is 4.52. The number of nitrogens with zero attached hydrogens (tertiary/aromatic N) is 1. The molecule has 1 heterocycles. The topological polar surface area (TPSA) is 68.0 Å². The average molecular weight is 303 g/mol. The summed E-state index contributed by atoms with van der Waals surface area (Å²) in [7, 11) is 0. The molecule has 5 heteroatoms. The molecule has 0 saturated heterocycles. The lowest BCUT2D eigenvalue weighted by Gasteiger charge is -2.29. The highest BCUT2D eigenvalue weighted by atomic mass is 32.1. The molecular weight excluding hydrogens is 282 g/mol. The summed E-state index contributed by atoms with van der Waals surface area (Å²) in [6.45, 7) is 0.432. The van der Waals surface area contributed by atoms with E-state index in [1.807, 2.05) is 23.7 Å². The number of rotatable bonds is 3. The van der Waals surface area contributed by atoms with E-state index in [0.29, 0.717) is 6.54 Å². The fourth-order valence-corrected chi connectivity index (χ4v) is 3.84. The van der Waals surface area contributed by atoms with Crippen LogP contribution in [-0.4, -0.2) is 17.4 Å². The summed E-state index contributed by atoms with van der Waals surface area (Å²) in [5.74, 6) is 0.0794. The SMILES string of the molecule is NCC1(C(=O)Nc2ccc3ncsc3c2)CCCCCC1. The van der Waals surface area contributed by atoms with Gasteiger partial charge in [-0.2, -0.15) is 0 Å². The van der Waals surface area contributed by atoms with Crippen LogP contribution in [0.25, 0.3) is 10.2 Å². The highest BCUT2D eigenvalue weighted by Gasteiger charge is 2.37. The highest BCUT2D eigenvalue weighted by molar-refractivity contribution is 7.16. The minimum Gasteiger partial charge on any atom is -0.329 e. The quantitative estimate of drug-likeness (QED) is 0.852. The summed E-state index contributed by atoms with van der Waals surface area (Å²) in [5, 5.41) is 3.07. The molecule has 1 aromatic heterocycles. The Labute approximate surface area is 128 Å². The van der Waals surface area contributed by atoms with Gasteiger partial charge in [-0.1, -0.05) is 25.7 Å². The molecule has 0 unspecified atom stereocenters. The number of anilines is 1. The summed E-state index contributed by atoms with van der Waals surface area (Å²) in [5.41, 5.74) is 9.21. The predicted molar refractivity (Wildman–Crippen MR) is 87.4 cm³/mol. The minimum absolute atomic E-state index is 0.0794. The van der Waals surface area contributed by atoms with Crippen LogP contribution in [0.5, 0.6) is 0 Å². The van der Waals surface area contributed by atoms with Gasteiger partial charge in [-0.15, -0.1) is 11.3 Å². The molecule has 0 aliphatic heterocycles. The van der Waals surface area contributed by atoms with E-state index in [1.54, 1.807) is 11.3 Å². The highest BCUT2D eigenvalue weighted by Crippen LogP contribution is 2.35. The van der Waals surface area contributed by atoms with Crippen molar-refractivity contribution < 1.29 is 4.79 Å². The number of hydrogen-bond acceptors (Lipinski definition) is 4. The zero-order chi connectivity index (χ0) is 14.7. The van der Waals surface area contributed by atoms with Crippen LogP contribution >= 0.6 is 11.3 Å². The number of amides is 1. The Kier molecular flexibility index (Phi) is 4.22. The lowest BCUT2D eigenvalue weighted by atomic mass is 9.79. The first-order chi connectivity index (χ1) is 10.2. The van der Waals surface area contributed by atoms with E-state index in [1.165, 1.54) is 12.8 Å². The van der Waals surface area contributed by atoms with Crippen LogP contribution in [0, 0.1) is 5.41 Å². The molecular formula is C16H21N3OS. The molecule has 0 bridgehead atoms. The Hall–Kier alpha value is -1.46. The van der Waals surface area contributed by atoms with Crippen molar-refractivity contribution in [3.8, 4) is 0 Å². The molecule has 112 valence electrons. The van der Waals surface area contributed by atoms with Crippen molar-refractivity contribution in [3.05, 3.63) is 23.7 Å². The van der Waals surface area contributed by atoms with Crippen molar-refractivity contribution in [1.82, 2.24) is 4.98 Å². The van der Waals surface area contributed by atoms with Crippen LogP contribution in [0.4, 0.5) is 5.69 Å². The van der Waals surface area contributed by atoms with Crippen molar-refractivity contribution in [1.29, 1.82) is 0 Å². The molecule has 1 saturated carbocycles. The van der Waals surface area contributed by atoms with E-state index >= 15 is 0 Å². The number of nitrogens with two attached hydrogens (primary N) is 1. The lowest BCUT2D eigenvalue weighted by Crippen LogP contribution is -2.42. The summed E-state index contributed by atoms with van der Waals surface area (Å²) >= 11 is 1.59. The van der Waals surface area contributed by atoms with Crippen LogP contribution in [0.1, 0.15) is 38.5 Å². The fourth-order valence-electron chi connectivity index (χ4n) is 3.13. The first-order valence-corrected chi connectivity index (χ1v) is 8.46. The second-order valence-corrected chi connectivity index (χ2v) is 6.77. The number of aromatic nitrogens is 1. The number of thiazole rings is 1. The maximum Gasteiger partial charge on any atom is 0.231 e. The van der Waals surface area contributed by atoms with E-state index in [-0.39, 0.29) is 11.3 Å². The summed E-state index contributed by atoms with van der Waals surface area (Å²) in [6, 6.07) is 5.86. The molecule has 1 aromatic carbocycles. The minimum atomic E-state index is -0.390. The maximum absolute atomic E-state index is 12.7. The Balaban J connectivity index is 1.79. The number of carbonyl (C=O) groups excluding carboxylic acids is 1. The van der Waals surface area contributed by atoms with E-state index in [4.69, 9.17) is 5.73 Å². The summed E-state index contributed by atoms with van der Waals surface area (Å²) in [4.78, 5) is 17.0. The second-order valence-electron chi connectivity index (χ2n) is 5.89. The zero-order valence-electron chi connectivity index (χ0n) is 12.1. The molecule has 0 spiro atoms. The van der Waals surface area contributed by atoms with E-state index in [0.717, 1.165) is 41.6 Å². The van der Waals surface area contributed by atoms with Crippen LogP contribution in [0.15, 0.2) is 23.7 Å². The third-order valence-corrected chi connectivity index (χ3v) is 5.31. The van der Waals surface area contributed by atoms with Crippen molar-refractivity contribution in [3.63, 3.8) is 0 Å². The second kappa shape index (κ2) is 6.12. The van der Waals surface area contributed by atoms with Gasteiger partial charge in [0.05, 0.1) is 21.1 Å². The molecule has 3 rings (SSSR count). The van der Waals surface area contributed by atoms with Gasteiger partial charge in [0.15, 0.2) is 0 Å². The number of benzene rings is 1. The molecule has 0 radical (unpaired) electrons. The Morgan fingerprint density at radius 1 is 1.29 bits per heavy atom. The van der Waals surface area contributed by atoms with E-state index in [2.05, 4.69) is 10.3 Å². The Morgan fingerprint density at radius 3 is 2.76 bits per heavy atom. The molecule has 2 aromatic rings. The van der Waals surface area contributed by atoms with Gasteiger partial charge >= 0.3 is 0 Å². The van der Waals surface area contributed by atoms with Gasteiger partial charge < -0.3 is 11.1 Å². The molecule has 1 fully saturated rings. The number of hydrogen-bond donors (Lipinski definition) is 2. The van der Waals surface area contributed by atoms with E-state index in [9.17, 15) is 4.79 Å². The maximum atomic E-state index is 12.7. The lowest BCUT2D eigenvalue weighted by molar-refractivity contribution is -0.125. The largest absolute Gasteiger partial charge is 0.329 e. The van der Waals surface area contributed by atoms with Crippen LogP contribution < -0.4 is 11.1 Å². The number of nitrogens with one attached hydrogen (secondary N) is 1. The van der Waals surface area contributed by atoms with Crippen molar-refractivity contribution in [2.45, 2.75) is 38.5 Å². The van der Waals surface area contributed by atoms with Crippen molar-refractivity contribution in [2.75, 3.05) is 11.9 Å². The number of carbonyl (C=O) groups is 1. The van der Waals surface area contributed by atoms with Crippen LogP contribution in [0.2, 0.25) is 0 Å². The average Bonchev–Trinajstić information content (AvgIpc) is 2.82. The summed E-state index contributed by atoms with van der Waals surface area (Å²) < 4.78 is 1.09. The molecule has 1 aliphatic rings. The molecule has 0 atom stereocenters. The van der Waals surface area contributed by atoms with Gasteiger partial charge in [-0.3, -0.25) is 4.79 Å². The molecule has 4 nitrogen and oxygen atoms in total. The van der Waals surface area contributed by atoms with E-state index < -0.39 is 0 Å². The van der Waals surface area contributed by atoms with Gasteiger partial charge in [0.1, 0.15) is 0 Å². The Bertz CT molecular complexity index is 629. The van der Waals surface area contributed by atoms with Crippen LogP contribution in [-0.2, 0) is 4.79 Å². The molecule has 21 heavy (non-hydrogen) atoms. The van der Waals surface area contributed by atoms with Crippen molar-refractivity contribution in [2.24, 2.45) is 11.1 Å². The standard InChI is InChI=1S/C16H21N3OS/c17-10-16(7-3-1-2-4-8-16)15(20)19-12-5-6-13-14(9-12)21-11-18-13/h5-6,9,11H,1-4,7-8,10,17H2,(H,19,20). The summed E-state index contributed by atoms with van der Waals surface area (Å²) in [6.07, 6.45) is 6.41. The van der Waals surface area contributed by atoms with Crippen LogP contribution in [0.3, 0.4) is 0 Å².